The summed E-state index contributed by atoms with van der Waals surface area (Å²) >= 11 is 6.02. The number of fused-ring (bicyclic) bond motifs is 3. The Bertz CT molecular complexity index is 1570. The van der Waals surface area contributed by atoms with Crippen molar-refractivity contribution in [3.05, 3.63) is 111 Å². The van der Waals surface area contributed by atoms with E-state index in [1.165, 1.54) is 38.5 Å². The van der Waals surface area contributed by atoms with Gasteiger partial charge in [0, 0.05) is 23.4 Å². The van der Waals surface area contributed by atoms with Gasteiger partial charge in [0.25, 0.3) is 0 Å². The van der Waals surface area contributed by atoms with Gasteiger partial charge in [-0.15, -0.1) is 0 Å². The van der Waals surface area contributed by atoms with Crippen LogP contribution in [0.2, 0.25) is 5.02 Å². The van der Waals surface area contributed by atoms with Gasteiger partial charge in [-0.05, 0) is 52.1 Å². The van der Waals surface area contributed by atoms with Crippen molar-refractivity contribution in [1.29, 1.82) is 0 Å². The zero-order valence-corrected chi connectivity index (χ0v) is 21.7. The molecule has 6 nitrogen and oxygen atoms in total. The maximum Gasteiger partial charge on any atom is 0.323 e. The molecule has 0 heterocycles. The van der Waals surface area contributed by atoms with E-state index in [-0.39, 0.29) is 16.2 Å². The molecule has 3 aromatic rings. The molecule has 0 saturated heterocycles. The van der Waals surface area contributed by atoms with Gasteiger partial charge in [-0.2, -0.15) is 0 Å². The van der Waals surface area contributed by atoms with Gasteiger partial charge in [0.15, 0.2) is 5.41 Å². The summed E-state index contributed by atoms with van der Waals surface area (Å²) in [5.41, 5.74) is 2.38. The first-order chi connectivity index (χ1) is 17.7. The minimum Gasteiger partial charge on any atom is -0.468 e. The Labute approximate surface area is 220 Å². The van der Waals surface area contributed by atoms with Crippen LogP contribution in [0.1, 0.15) is 29.5 Å². The van der Waals surface area contributed by atoms with E-state index >= 15 is 0 Å². The number of carbonyl (C=O) groups excluding carboxylic acids is 2. The molecule has 2 aliphatic rings. The van der Waals surface area contributed by atoms with Crippen molar-refractivity contribution in [3.63, 3.8) is 0 Å². The molecule has 0 spiro atoms. The predicted molar refractivity (Wildman–Crippen MR) is 140 cm³/mol. The minimum absolute atomic E-state index is 0.00919. The molecule has 0 unspecified atom stereocenters. The number of benzene rings is 3. The Hall–Kier alpha value is -3.68. The topological polar surface area (TPSA) is 86.7 Å². The normalized spacial score (nSPS) is 16.2. The first kappa shape index (κ1) is 25.0. The Kier molecular flexibility index (Phi) is 6.30. The Morgan fingerprint density at radius 3 is 1.86 bits per heavy atom. The molecule has 0 bridgehead atoms. The van der Waals surface area contributed by atoms with Gasteiger partial charge in [0.1, 0.15) is 0 Å². The summed E-state index contributed by atoms with van der Waals surface area (Å²) in [4.78, 5) is 26.5. The Balaban J connectivity index is 1.91. The van der Waals surface area contributed by atoms with Crippen molar-refractivity contribution in [1.82, 2.24) is 0 Å². The van der Waals surface area contributed by atoms with Gasteiger partial charge >= 0.3 is 11.9 Å². The molecular weight excluding hydrogens is 512 g/mol. The molecule has 0 aromatic heterocycles. The van der Waals surface area contributed by atoms with Gasteiger partial charge in [-0.1, -0.05) is 66.2 Å². The summed E-state index contributed by atoms with van der Waals surface area (Å²) in [7, 11) is -1.81. The fourth-order valence-corrected chi connectivity index (χ4v) is 7.12. The Morgan fingerprint density at radius 2 is 1.30 bits per heavy atom. The molecule has 5 rings (SSSR count). The lowest BCUT2D eigenvalue weighted by Crippen LogP contribution is -2.44. The van der Waals surface area contributed by atoms with Crippen LogP contribution in [-0.2, 0) is 28.9 Å². The number of rotatable bonds is 5. The zero-order chi connectivity index (χ0) is 26.4. The van der Waals surface area contributed by atoms with E-state index in [0.29, 0.717) is 16.2 Å². The predicted octanol–water partition coefficient (Wildman–Crippen LogP) is 5.47. The van der Waals surface area contributed by atoms with Crippen LogP contribution < -0.4 is 0 Å². The van der Waals surface area contributed by atoms with Gasteiger partial charge in [0.2, 0.25) is 9.84 Å². The van der Waals surface area contributed by atoms with Crippen LogP contribution in [0.25, 0.3) is 11.1 Å². The number of halogens is 1. The highest BCUT2D eigenvalue weighted by molar-refractivity contribution is 7.95. The van der Waals surface area contributed by atoms with Crippen molar-refractivity contribution in [3.8, 4) is 0 Å². The summed E-state index contributed by atoms with van der Waals surface area (Å²) in [6.07, 6.45) is -0.466. The first-order valence-corrected chi connectivity index (χ1v) is 13.4. The van der Waals surface area contributed by atoms with Crippen LogP contribution in [-0.4, -0.2) is 34.6 Å². The molecule has 188 valence electrons. The fourth-order valence-electron chi connectivity index (χ4n) is 5.27. The fraction of sp³-hybridized carbons (Fsp3) is 0.172. The maximum atomic E-state index is 14.2. The number of allylic oxidation sites excluding steroid dienone is 3. The third kappa shape index (κ3) is 3.90. The highest BCUT2D eigenvalue weighted by atomic mass is 35.5. The minimum atomic E-state index is -4.16. The monoisotopic (exact) mass is 534 g/mol. The SMILES string of the molecule is COC(=O)C1(C(=O)OC)CC2=C(c3ccccc3)c3ccccc3C2=C(S(=O)(=O)c2ccc(Cl)cc2)C1. The molecule has 0 aliphatic heterocycles. The van der Waals surface area contributed by atoms with Crippen LogP contribution in [0.15, 0.2) is 94.2 Å². The molecule has 3 aromatic carbocycles. The van der Waals surface area contributed by atoms with Crippen molar-refractivity contribution in [2.45, 2.75) is 17.7 Å². The van der Waals surface area contributed by atoms with E-state index < -0.39 is 33.6 Å². The maximum absolute atomic E-state index is 14.2. The second-order valence-corrected chi connectivity index (χ2v) is 11.3. The van der Waals surface area contributed by atoms with Crippen LogP contribution in [0.5, 0.6) is 0 Å². The summed E-state index contributed by atoms with van der Waals surface area (Å²) in [5.74, 6) is -1.70. The third-order valence-corrected chi connectivity index (χ3v) is 9.09. The molecule has 37 heavy (non-hydrogen) atoms. The van der Waals surface area contributed by atoms with Crippen molar-refractivity contribution >= 4 is 44.5 Å². The summed E-state index contributed by atoms with van der Waals surface area (Å²) in [6, 6.07) is 22.8. The average molecular weight is 535 g/mol. The molecule has 0 amide bonds. The number of sulfone groups is 1. The second-order valence-electron chi connectivity index (χ2n) is 8.94. The molecule has 8 heteroatoms. The van der Waals surface area contributed by atoms with E-state index in [0.717, 1.165) is 22.3 Å². The summed E-state index contributed by atoms with van der Waals surface area (Å²) in [5, 5.41) is 0.386. The summed E-state index contributed by atoms with van der Waals surface area (Å²) < 4.78 is 38.5. The molecule has 0 N–H and O–H groups in total. The lowest BCUT2D eigenvalue weighted by Gasteiger charge is -2.35. The van der Waals surface area contributed by atoms with Crippen LogP contribution in [0.3, 0.4) is 0 Å². The smallest absolute Gasteiger partial charge is 0.323 e. The number of ether oxygens (including phenoxy) is 2. The molecular formula is C29H23ClO6S. The van der Waals surface area contributed by atoms with Gasteiger partial charge in [-0.25, -0.2) is 8.42 Å². The van der Waals surface area contributed by atoms with E-state index in [1.807, 2.05) is 54.6 Å². The van der Waals surface area contributed by atoms with Gasteiger partial charge in [0.05, 0.1) is 24.0 Å². The first-order valence-electron chi connectivity index (χ1n) is 11.5. The van der Waals surface area contributed by atoms with Crippen LogP contribution in [0, 0.1) is 5.41 Å². The van der Waals surface area contributed by atoms with Crippen LogP contribution in [0.4, 0.5) is 0 Å². The zero-order valence-electron chi connectivity index (χ0n) is 20.2. The van der Waals surface area contributed by atoms with Gasteiger partial charge in [-0.3, -0.25) is 9.59 Å². The van der Waals surface area contributed by atoms with Crippen molar-refractivity contribution < 1.29 is 27.5 Å². The van der Waals surface area contributed by atoms with E-state index in [4.69, 9.17) is 21.1 Å². The molecule has 0 fully saturated rings. The number of methoxy groups -OCH3 is 2. The molecule has 0 atom stereocenters. The number of hydrogen-bond donors (Lipinski definition) is 0. The standard InChI is InChI=1S/C29H23ClO6S/c1-35-27(31)29(28(32)36-2)16-23-25(18-8-4-3-5-9-18)21-10-6-7-11-22(21)26(23)24(17-29)37(33,34)20-14-12-19(30)13-15-20/h3-15H,16-17H2,1-2H3. The molecule has 0 saturated carbocycles. The highest BCUT2D eigenvalue weighted by Crippen LogP contribution is 2.57. The lowest BCUT2D eigenvalue weighted by atomic mass is 9.71. The number of hydrogen-bond acceptors (Lipinski definition) is 6. The van der Waals surface area contributed by atoms with Crippen molar-refractivity contribution in [2.75, 3.05) is 14.2 Å². The second kappa shape index (κ2) is 9.32. The molecule has 2 aliphatic carbocycles. The van der Waals surface area contributed by atoms with E-state index in [9.17, 15) is 18.0 Å². The highest BCUT2D eigenvalue weighted by Gasteiger charge is 2.56. The average Bonchev–Trinajstić information content (AvgIpc) is 3.26. The van der Waals surface area contributed by atoms with Crippen LogP contribution >= 0.6 is 11.6 Å². The quantitative estimate of drug-likeness (QED) is 0.319. The number of carbonyl (C=O) groups is 2. The van der Waals surface area contributed by atoms with Crippen molar-refractivity contribution in [2.24, 2.45) is 5.41 Å². The van der Waals surface area contributed by atoms with E-state index in [1.54, 1.807) is 0 Å². The third-order valence-electron chi connectivity index (χ3n) is 6.95. The van der Waals surface area contributed by atoms with Gasteiger partial charge < -0.3 is 9.47 Å². The lowest BCUT2D eigenvalue weighted by molar-refractivity contribution is -0.169. The molecule has 0 radical (unpaired) electrons. The largest absolute Gasteiger partial charge is 0.468 e. The summed E-state index contributed by atoms with van der Waals surface area (Å²) in [6.45, 7) is 0. The van der Waals surface area contributed by atoms with E-state index in [2.05, 4.69) is 0 Å². The Morgan fingerprint density at radius 1 is 0.757 bits per heavy atom. The number of esters is 2.